The summed E-state index contributed by atoms with van der Waals surface area (Å²) in [6.07, 6.45) is 11.6. The van der Waals surface area contributed by atoms with Gasteiger partial charge < -0.3 is 29.3 Å². The lowest BCUT2D eigenvalue weighted by atomic mass is 9.60. The minimum atomic E-state index is -0.986. The molecule has 3 aliphatic heterocycles. The molecule has 0 amide bonds. The zero-order chi connectivity index (χ0) is 36.5. The number of piperidine rings is 2. The third-order valence-electron chi connectivity index (χ3n) is 13.2. The van der Waals surface area contributed by atoms with Gasteiger partial charge in [-0.1, -0.05) is 18.6 Å². The van der Waals surface area contributed by atoms with Gasteiger partial charge in [-0.25, -0.2) is 13.8 Å². The number of hydrogen-bond donors (Lipinski definition) is 2. The van der Waals surface area contributed by atoms with Crippen molar-refractivity contribution in [2.75, 3.05) is 51.5 Å². The lowest BCUT2D eigenvalue weighted by molar-refractivity contribution is -0.112. The zero-order valence-corrected chi connectivity index (χ0v) is 30.7. The number of phenols is 1. The Bertz CT molecular complexity index is 2050. The van der Waals surface area contributed by atoms with Crippen LogP contribution in [-0.2, 0) is 4.74 Å². The van der Waals surface area contributed by atoms with Crippen molar-refractivity contribution < 1.29 is 33.2 Å². The molecule has 12 heteroatoms. The number of β-amino-alcohol motifs (C(OH)–C–C–N with tert-alkyl or cyclic N) is 1. The molecule has 53 heavy (non-hydrogen) atoms. The normalized spacial score (nSPS) is 27.6. The highest BCUT2D eigenvalue weighted by atomic mass is 19.1. The van der Waals surface area contributed by atoms with E-state index in [-0.39, 0.29) is 57.1 Å². The number of aromatic nitrogens is 3. The first-order valence-electron chi connectivity index (χ1n) is 19.4. The Kier molecular flexibility index (Phi) is 8.66. The number of nitrogens with zero attached hydrogens (tertiary/aromatic N) is 5. The van der Waals surface area contributed by atoms with E-state index in [0.29, 0.717) is 54.7 Å². The molecule has 2 aliphatic carbocycles. The molecule has 3 unspecified atom stereocenters. The molecular formula is C41H49F2N5O5. The maximum atomic E-state index is 17.1. The van der Waals surface area contributed by atoms with Crippen LogP contribution >= 0.6 is 0 Å². The molecular weight excluding hydrogens is 680 g/mol. The van der Waals surface area contributed by atoms with Crippen molar-refractivity contribution in [3.05, 3.63) is 42.0 Å². The SMILES string of the molecule is COc1nc(-c2cc(O)cc3cccc(F)c23)c(F)c2nc(OCC34CCCC3N(C3CC5(CCOCC5)C3)CCC4)nc(N3CCCC(C)(O)C3)c12. The van der Waals surface area contributed by atoms with Crippen LogP contribution in [0.2, 0.25) is 0 Å². The second-order valence-electron chi connectivity index (χ2n) is 16.8. The summed E-state index contributed by atoms with van der Waals surface area (Å²) < 4.78 is 50.6. The summed E-state index contributed by atoms with van der Waals surface area (Å²) in [6.45, 7) is 5.91. The molecule has 5 heterocycles. The topological polar surface area (TPSA) is 113 Å². The second kappa shape index (κ2) is 13.2. The number of aromatic hydroxyl groups is 1. The van der Waals surface area contributed by atoms with E-state index in [9.17, 15) is 10.2 Å². The molecule has 5 fully saturated rings. The molecule has 2 aromatic carbocycles. The summed E-state index contributed by atoms with van der Waals surface area (Å²) in [7, 11) is 1.44. The second-order valence-corrected chi connectivity index (χ2v) is 16.8. The van der Waals surface area contributed by atoms with E-state index in [2.05, 4.69) is 9.88 Å². The predicted octanol–water partition coefficient (Wildman–Crippen LogP) is 7.16. The third kappa shape index (κ3) is 6.05. The Morgan fingerprint density at radius 3 is 2.55 bits per heavy atom. The zero-order valence-electron chi connectivity index (χ0n) is 30.7. The molecule has 5 aliphatic rings. The number of hydrogen-bond acceptors (Lipinski definition) is 10. The number of anilines is 1. The molecule has 3 atom stereocenters. The Hall–Kier alpha value is -3.87. The number of rotatable bonds is 7. The molecule has 0 bridgehead atoms. The monoisotopic (exact) mass is 729 g/mol. The highest BCUT2D eigenvalue weighted by molar-refractivity contribution is 6.02. The van der Waals surface area contributed by atoms with Gasteiger partial charge in [0.2, 0.25) is 5.88 Å². The highest BCUT2D eigenvalue weighted by Gasteiger charge is 2.55. The van der Waals surface area contributed by atoms with Gasteiger partial charge in [0.15, 0.2) is 5.82 Å². The van der Waals surface area contributed by atoms with Crippen LogP contribution < -0.4 is 14.4 Å². The average molecular weight is 730 g/mol. The molecule has 9 rings (SSSR count). The van der Waals surface area contributed by atoms with E-state index in [1.165, 1.54) is 57.1 Å². The van der Waals surface area contributed by atoms with Crippen LogP contribution in [0.1, 0.15) is 77.6 Å². The Morgan fingerprint density at radius 2 is 1.75 bits per heavy atom. The van der Waals surface area contributed by atoms with Crippen molar-refractivity contribution in [2.45, 2.75) is 95.2 Å². The minimum Gasteiger partial charge on any atom is -0.508 e. The summed E-state index contributed by atoms with van der Waals surface area (Å²) in [6, 6.07) is 8.29. The molecule has 1 spiro atoms. The van der Waals surface area contributed by atoms with E-state index >= 15 is 8.78 Å². The highest BCUT2D eigenvalue weighted by Crippen LogP contribution is 2.56. The van der Waals surface area contributed by atoms with Gasteiger partial charge in [0, 0.05) is 54.8 Å². The number of likely N-dealkylation sites (tertiary alicyclic amines) is 1. The number of benzene rings is 2. The van der Waals surface area contributed by atoms with Crippen molar-refractivity contribution in [1.29, 1.82) is 0 Å². The molecule has 2 aromatic heterocycles. The summed E-state index contributed by atoms with van der Waals surface area (Å²) in [5.41, 5.74) is -0.801. The van der Waals surface area contributed by atoms with Crippen LogP contribution in [0.15, 0.2) is 30.3 Å². The van der Waals surface area contributed by atoms with Gasteiger partial charge >= 0.3 is 6.01 Å². The Labute approximate surface area is 308 Å². The standard InChI is InChI=1S/C41H49F2N5O5/c1-39(50)10-5-15-47(23-39)36-32-35(33(43)34(44-37(32)51-2)28-20-27(49)19-25-7-3-8-29(42)31(25)28)45-38(46-36)53-24-41-11-4-9-30(41)48(16-6-12-41)26-21-40(22-26)13-17-52-18-14-40/h3,7-8,19-20,26,30,49-50H,4-6,9-18,21-24H2,1-2H3. The van der Waals surface area contributed by atoms with Crippen molar-refractivity contribution >= 4 is 27.5 Å². The van der Waals surface area contributed by atoms with Crippen LogP contribution in [0.3, 0.4) is 0 Å². The number of phenolic OH excluding ortho intramolecular Hbond substituents is 1. The van der Waals surface area contributed by atoms with Crippen LogP contribution in [0.25, 0.3) is 32.9 Å². The van der Waals surface area contributed by atoms with Gasteiger partial charge in [0.05, 0.1) is 19.3 Å². The van der Waals surface area contributed by atoms with Crippen LogP contribution in [0.4, 0.5) is 14.6 Å². The fourth-order valence-corrected chi connectivity index (χ4v) is 10.6. The predicted molar refractivity (Wildman–Crippen MR) is 197 cm³/mol. The summed E-state index contributed by atoms with van der Waals surface area (Å²) >= 11 is 0. The molecule has 2 saturated carbocycles. The molecule has 10 nitrogen and oxygen atoms in total. The van der Waals surface area contributed by atoms with Crippen molar-refractivity contribution in [3.63, 3.8) is 0 Å². The lowest BCUT2D eigenvalue weighted by Crippen LogP contribution is -2.61. The van der Waals surface area contributed by atoms with Crippen LogP contribution in [-0.4, -0.2) is 94.3 Å². The Morgan fingerprint density at radius 1 is 0.962 bits per heavy atom. The molecule has 3 saturated heterocycles. The van der Waals surface area contributed by atoms with E-state index in [4.69, 9.17) is 24.2 Å². The molecule has 4 aromatic rings. The minimum absolute atomic E-state index is 0.0460. The first-order chi connectivity index (χ1) is 25.6. The van der Waals surface area contributed by atoms with E-state index in [1.54, 1.807) is 13.0 Å². The van der Waals surface area contributed by atoms with Crippen LogP contribution in [0.5, 0.6) is 17.6 Å². The first-order valence-corrected chi connectivity index (χ1v) is 19.4. The van der Waals surface area contributed by atoms with E-state index < -0.39 is 17.2 Å². The largest absolute Gasteiger partial charge is 0.508 e. The number of aliphatic hydroxyl groups is 1. The fraction of sp³-hybridized carbons (Fsp3) is 0.585. The third-order valence-corrected chi connectivity index (χ3v) is 13.2. The number of halogens is 2. The lowest BCUT2D eigenvalue weighted by Gasteiger charge is -2.58. The maximum Gasteiger partial charge on any atom is 0.319 e. The molecule has 282 valence electrons. The average Bonchev–Trinajstić information content (AvgIpc) is 3.57. The van der Waals surface area contributed by atoms with Crippen molar-refractivity contribution in [1.82, 2.24) is 19.9 Å². The van der Waals surface area contributed by atoms with Gasteiger partial charge in [-0.15, -0.1) is 0 Å². The summed E-state index contributed by atoms with van der Waals surface area (Å²) in [5.74, 6) is -1.11. The van der Waals surface area contributed by atoms with Gasteiger partial charge in [-0.2, -0.15) is 9.97 Å². The molecule has 2 N–H and O–H groups in total. The summed E-state index contributed by atoms with van der Waals surface area (Å²) in [5, 5.41) is 22.5. The summed E-state index contributed by atoms with van der Waals surface area (Å²) in [4.78, 5) is 18.9. The van der Waals surface area contributed by atoms with Gasteiger partial charge in [-0.3, -0.25) is 4.90 Å². The number of methoxy groups -OCH3 is 1. The maximum absolute atomic E-state index is 17.1. The smallest absolute Gasteiger partial charge is 0.319 e. The number of pyridine rings is 1. The van der Waals surface area contributed by atoms with E-state index in [0.717, 1.165) is 51.9 Å². The Balaban J connectivity index is 1.11. The number of fused-ring (bicyclic) bond motifs is 3. The van der Waals surface area contributed by atoms with Crippen LogP contribution in [0, 0.1) is 22.5 Å². The van der Waals surface area contributed by atoms with Crippen molar-refractivity contribution in [3.8, 4) is 28.9 Å². The fourth-order valence-electron chi connectivity index (χ4n) is 10.6. The van der Waals surface area contributed by atoms with Gasteiger partial charge in [0.25, 0.3) is 0 Å². The first kappa shape index (κ1) is 34.9. The van der Waals surface area contributed by atoms with Gasteiger partial charge in [-0.05, 0) is 107 Å². The number of ether oxygens (including phenoxy) is 3. The quantitative estimate of drug-likeness (QED) is 0.203. The molecule has 0 radical (unpaired) electrons. The van der Waals surface area contributed by atoms with Gasteiger partial charge in [0.1, 0.15) is 34.0 Å². The van der Waals surface area contributed by atoms with E-state index in [1.807, 2.05) is 4.90 Å². The van der Waals surface area contributed by atoms with Crippen molar-refractivity contribution in [2.24, 2.45) is 10.8 Å².